The molecule has 0 fully saturated rings. The van der Waals surface area contributed by atoms with Crippen LogP contribution in [0.5, 0.6) is 5.75 Å². The molecule has 3 heteroatoms. The van der Waals surface area contributed by atoms with Crippen LogP contribution in [0.4, 0.5) is 0 Å². The van der Waals surface area contributed by atoms with Crippen LogP contribution < -0.4 is 4.74 Å². The predicted octanol–water partition coefficient (Wildman–Crippen LogP) is 5.15. The van der Waals surface area contributed by atoms with E-state index in [0.717, 1.165) is 27.5 Å². The zero-order valence-electron chi connectivity index (χ0n) is 9.81. The van der Waals surface area contributed by atoms with E-state index in [1.807, 2.05) is 48.7 Å². The van der Waals surface area contributed by atoms with Gasteiger partial charge in [-0.2, -0.15) is 0 Å². The number of benzene rings is 1. The van der Waals surface area contributed by atoms with E-state index >= 15 is 0 Å². The van der Waals surface area contributed by atoms with Gasteiger partial charge < -0.3 is 4.74 Å². The number of thiophene rings is 1. The molecular formula is C15H11ClOS. The highest BCUT2D eigenvalue weighted by Gasteiger charge is 2.18. The van der Waals surface area contributed by atoms with Crippen molar-refractivity contribution < 1.29 is 4.74 Å². The Morgan fingerprint density at radius 2 is 1.94 bits per heavy atom. The predicted molar refractivity (Wildman–Crippen MR) is 77.8 cm³/mol. The first kappa shape index (κ1) is 11.6. The zero-order chi connectivity index (χ0) is 12.5. The molecule has 1 aliphatic rings. The average Bonchev–Trinajstić information content (AvgIpc) is 2.86. The van der Waals surface area contributed by atoms with E-state index < -0.39 is 0 Å². The van der Waals surface area contributed by atoms with Crippen molar-refractivity contribution >= 4 is 34.8 Å². The van der Waals surface area contributed by atoms with Crippen molar-refractivity contribution in [3.63, 3.8) is 0 Å². The summed E-state index contributed by atoms with van der Waals surface area (Å²) in [6, 6.07) is 12.0. The summed E-state index contributed by atoms with van der Waals surface area (Å²) in [4.78, 5) is 1.05. The normalized spacial score (nSPS) is 14.7. The average molecular weight is 275 g/mol. The summed E-state index contributed by atoms with van der Waals surface area (Å²) in [5.74, 6) is 1.58. The van der Waals surface area contributed by atoms with E-state index in [0.29, 0.717) is 5.03 Å². The monoisotopic (exact) mass is 274 g/mol. The lowest BCUT2D eigenvalue weighted by atomic mass is 10.1. The fraction of sp³-hybridized carbons (Fsp3) is 0.0667. The van der Waals surface area contributed by atoms with Crippen molar-refractivity contribution in [1.82, 2.24) is 0 Å². The highest BCUT2D eigenvalue weighted by molar-refractivity contribution is 7.11. The lowest BCUT2D eigenvalue weighted by Gasteiger charge is -2.10. The Balaban J connectivity index is 2.17. The molecule has 1 aliphatic heterocycles. The second-order valence-electron chi connectivity index (χ2n) is 4.09. The summed E-state index contributed by atoms with van der Waals surface area (Å²) >= 11 is 8.04. The SMILES string of the molecule is CC1=Cc2ccccc2OC(c2cccs2)=C1Cl. The van der Waals surface area contributed by atoms with Gasteiger partial charge in [-0.3, -0.25) is 0 Å². The lowest BCUT2D eigenvalue weighted by Crippen LogP contribution is -1.95. The molecule has 0 saturated carbocycles. The van der Waals surface area contributed by atoms with Crippen molar-refractivity contribution in [1.29, 1.82) is 0 Å². The molecule has 0 aliphatic carbocycles. The van der Waals surface area contributed by atoms with Gasteiger partial charge in [0.25, 0.3) is 0 Å². The molecule has 0 bridgehead atoms. The maximum Gasteiger partial charge on any atom is 0.163 e. The van der Waals surface area contributed by atoms with Crippen LogP contribution in [-0.4, -0.2) is 0 Å². The molecule has 0 unspecified atom stereocenters. The smallest absolute Gasteiger partial charge is 0.163 e. The Kier molecular flexibility index (Phi) is 2.98. The molecule has 90 valence electrons. The molecule has 1 aromatic carbocycles. The summed E-state index contributed by atoms with van der Waals surface area (Å²) in [5, 5.41) is 2.69. The molecule has 0 amide bonds. The number of para-hydroxylation sites is 1. The van der Waals surface area contributed by atoms with E-state index in [4.69, 9.17) is 16.3 Å². The molecular weight excluding hydrogens is 264 g/mol. The molecule has 2 heterocycles. The van der Waals surface area contributed by atoms with Gasteiger partial charge in [0.05, 0.1) is 9.91 Å². The van der Waals surface area contributed by atoms with Crippen LogP contribution in [0.25, 0.3) is 11.8 Å². The first-order chi connectivity index (χ1) is 8.75. The third-order valence-corrected chi connectivity index (χ3v) is 4.13. The van der Waals surface area contributed by atoms with Crippen molar-refractivity contribution in [2.24, 2.45) is 0 Å². The number of hydrogen-bond donors (Lipinski definition) is 0. The van der Waals surface area contributed by atoms with Crippen LogP contribution in [0.3, 0.4) is 0 Å². The van der Waals surface area contributed by atoms with Crippen molar-refractivity contribution in [2.75, 3.05) is 0 Å². The maximum atomic E-state index is 6.41. The Morgan fingerprint density at radius 1 is 1.11 bits per heavy atom. The standard InChI is InChI=1S/C15H11ClOS/c1-10-9-11-5-2-3-6-12(11)17-15(14(10)16)13-7-4-8-18-13/h2-9H,1H3. The molecule has 1 aromatic heterocycles. The minimum atomic E-state index is 0.675. The molecule has 0 saturated heterocycles. The number of halogens is 1. The molecule has 0 atom stereocenters. The third-order valence-electron chi connectivity index (χ3n) is 2.79. The number of ether oxygens (including phenoxy) is 1. The summed E-state index contributed by atoms with van der Waals surface area (Å²) in [7, 11) is 0. The van der Waals surface area contributed by atoms with E-state index in [1.165, 1.54) is 0 Å². The topological polar surface area (TPSA) is 9.23 Å². The molecule has 0 N–H and O–H groups in total. The minimum absolute atomic E-state index is 0.675. The summed E-state index contributed by atoms with van der Waals surface area (Å²) in [6.45, 7) is 2.00. The molecule has 1 nitrogen and oxygen atoms in total. The molecule has 3 rings (SSSR count). The quantitative estimate of drug-likeness (QED) is 0.699. The summed E-state index contributed by atoms with van der Waals surface area (Å²) in [5.41, 5.74) is 2.07. The number of fused-ring (bicyclic) bond motifs is 1. The van der Waals surface area contributed by atoms with Gasteiger partial charge in [-0.05, 0) is 36.1 Å². The number of allylic oxidation sites excluding steroid dienone is 2. The molecule has 0 spiro atoms. The van der Waals surface area contributed by atoms with Crippen LogP contribution in [0.15, 0.2) is 52.4 Å². The van der Waals surface area contributed by atoms with Gasteiger partial charge in [0.1, 0.15) is 5.75 Å². The Bertz CT molecular complexity index is 638. The van der Waals surface area contributed by atoms with Gasteiger partial charge >= 0.3 is 0 Å². The van der Waals surface area contributed by atoms with Gasteiger partial charge in [-0.1, -0.05) is 35.9 Å². The van der Waals surface area contributed by atoms with Gasteiger partial charge in [0.2, 0.25) is 0 Å². The summed E-state index contributed by atoms with van der Waals surface area (Å²) in [6.07, 6.45) is 2.05. The van der Waals surface area contributed by atoms with Crippen LogP contribution in [-0.2, 0) is 0 Å². The van der Waals surface area contributed by atoms with Crippen LogP contribution in [0, 0.1) is 0 Å². The van der Waals surface area contributed by atoms with Gasteiger partial charge in [0, 0.05) is 5.56 Å². The van der Waals surface area contributed by atoms with Crippen molar-refractivity contribution in [3.05, 3.63) is 62.8 Å². The fourth-order valence-electron chi connectivity index (χ4n) is 1.89. The number of hydrogen-bond acceptors (Lipinski definition) is 2. The van der Waals surface area contributed by atoms with Crippen LogP contribution in [0.2, 0.25) is 0 Å². The van der Waals surface area contributed by atoms with Gasteiger partial charge in [-0.25, -0.2) is 0 Å². The molecule has 18 heavy (non-hydrogen) atoms. The first-order valence-electron chi connectivity index (χ1n) is 5.65. The minimum Gasteiger partial charge on any atom is -0.454 e. The number of rotatable bonds is 1. The van der Waals surface area contributed by atoms with E-state index in [-0.39, 0.29) is 0 Å². The zero-order valence-corrected chi connectivity index (χ0v) is 11.4. The Labute approximate surface area is 115 Å². The van der Waals surface area contributed by atoms with Gasteiger partial charge in [-0.15, -0.1) is 11.3 Å². The highest BCUT2D eigenvalue weighted by Crippen LogP contribution is 2.37. The second-order valence-corrected chi connectivity index (χ2v) is 5.41. The van der Waals surface area contributed by atoms with Crippen molar-refractivity contribution in [2.45, 2.75) is 6.92 Å². The van der Waals surface area contributed by atoms with E-state index in [2.05, 4.69) is 6.08 Å². The molecule has 2 aromatic rings. The third kappa shape index (κ3) is 1.98. The van der Waals surface area contributed by atoms with Gasteiger partial charge in [0.15, 0.2) is 5.76 Å². The van der Waals surface area contributed by atoms with Crippen LogP contribution in [0.1, 0.15) is 17.4 Å². The van der Waals surface area contributed by atoms with E-state index in [1.54, 1.807) is 11.3 Å². The van der Waals surface area contributed by atoms with Crippen LogP contribution >= 0.6 is 22.9 Å². The Morgan fingerprint density at radius 3 is 2.72 bits per heavy atom. The fourth-order valence-corrected chi connectivity index (χ4v) is 2.85. The Hall–Kier alpha value is -1.51. The second kappa shape index (κ2) is 4.63. The summed E-state index contributed by atoms with van der Waals surface area (Å²) < 4.78 is 5.99. The first-order valence-corrected chi connectivity index (χ1v) is 6.90. The molecule has 0 radical (unpaired) electrons. The highest BCUT2D eigenvalue weighted by atomic mass is 35.5. The van der Waals surface area contributed by atoms with E-state index in [9.17, 15) is 0 Å². The largest absolute Gasteiger partial charge is 0.454 e. The van der Waals surface area contributed by atoms with Crippen molar-refractivity contribution in [3.8, 4) is 5.75 Å². The lowest BCUT2D eigenvalue weighted by molar-refractivity contribution is 0.515. The maximum absolute atomic E-state index is 6.41.